The Morgan fingerprint density at radius 1 is 0.882 bits per heavy atom. The van der Waals surface area contributed by atoms with Crippen LogP contribution in [0.4, 0.5) is 5.69 Å². The molecule has 2 aromatic rings. The maximum absolute atomic E-state index is 11.5. The van der Waals surface area contributed by atoms with Crippen molar-refractivity contribution in [3.63, 3.8) is 0 Å². The summed E-state index contributed by atoms with van der Waals surface area (Å²) in [5.74, 6) is 0.610. The number of esters is 1. The van der Waals surface area contributed by atoms with Gasteiger partial charge in [0.15, 0.2) is 5.71 Å². The lowest BCUT2D eigenvalue weighted by atomic mass is 9.90. The van der Waals surface area contributed by atoms with Crippen molar-refractivity contribution < 1.29 is 18.8 Å². The van der Waals surface area contributed by atoms with E-state index in [0.29, 0.717) is 26.1 Å². The van der Waals surface area contributed by atoms with Gasteiger partial charge in [0, 0.05) is 38.4 Å². The number of hydrogen-bond donors (Lipinski definition) is 0. The molecule has 3 rings (SSSR count). The molecule has 1 aliphatic rings. The zero-order valence-corrected chi connectivity index (χ0v) is 20.9. The van der Waals surface area contributed by atoms with Gasteiger partial charge in [-0.25, -0.2) is 4.58 Å². The molecule has 0 aliphatic heterocycles. The molecular formula is C29H35N2O3+. The summed E-state index contributed by atoms with van der Waals surface area (Å²) in [6.45, 7) is 2.71. The molecule has 0 N–H and O–H groups in total. The number of nitrogens with zero attached hydrogens (tertiary/aromatic N) is 2. The van der Waals surface area contributed by atoms with E-state index in [0.717, 1.165) is 33.8 Å². The molecule has 0 spiro atoms. The second-order valence-corrected chi connectivity index (χ2v) is 8.54. The summed E-state index contributed by atoms with van der Waals surface area (Å²) in [5, 5.41) is 0. The molecule has 34 heavy (non-hydrogen) atoms. The van der Waals surface area contributed by atoms with E-state index in [9.17, 15) is 4.79 Å². The number of ether oxygens (including phenoxy) is 2. The number of anilines is 1. The number of benzene rings is 2. The standard InChI is InChI=1S/C29H35N2O3/c1-6-33-28(32)8-7-21-34-27-19-13-24(14-20-27)29(22-9-15-25(16-10-22)30(2)3)23-11-17-26(18-12-23)31(4)5/h9-20H,6-8,21H2,1-5H3/q+1. The Morgan fingerprint density at radius 3 is 2.00 bits per heavy atom. The average Bonchev–Trinajstić information content (AvgIpc) is 2.84. The van der Waals surface area contributed by atoms with Crippen molar-refractivity contribution in [2.45, 2.75) is 19.8 Å². The van der Waals surface area contributed by atoms with Crippen molar-refractivity contribution in [1.29, 1.82) is 0 Å². The van der Waals surface area contributed by atoms with Crippen LogP contribution in [0.5, 0.6) is 5.75 Å². The first-order valence-electron chi connectivity index (χ1n) is 11.7. The molecule has 0 saturated heterocycles. The molecule has 0 fully saturated rings. The van der Waals surface area contributed by atoms with E-state index in [4.69, 9.17) is 9.47 Å². The van der Waals surface area contributed by atoms with E-state index in [1.165, 1.54) is 5.57 Å². The van der Waals surface area contributed by atoms with Crippen molar-refractivity contribution in [1.82, 2.24) is 0 Å². The zero-order valence-electron chi connectivity index (χ0n) is 20.9. The molecule has 0 aromatic heterocycles. The molecule has 0 radical (unpaired) electrons. The number of carbonyl (C=O) groups excluding carboxylic acids is 1. The van der Waals surface area contributed by atoms with Crippen molar-refractivity contribution >= 4 is 22.9 Å². The predicted octanol–water partition coefficient (Wildman–Crippen LogP) is 5.12. The topological polar surface area (TPSA) is 41.8 Å². The highest BCUT2D eigenvalue weighted by atomic mass is 16.5. The first-order valence-corrected chi connectivity index (χ1v) is 11.7. The smallest absolute Gasteiger partial charge is 0.305 e. The first kappa shape index (κ1) is 25.0. The third-order valence-electron chi connectivity index (χ3n) is 5.59. The molecule has 0 amide bonds. The summed E-state index contributed by atoms with van der Waals surface area (Å²) in [7, 11) is 8.19. The highest BCUT2D eigenvalue weighted by Gasteiger charge is 2.14. The predicted molar refractivity (Wildman–Crippen MR) is 140 cm³/mol. The highest BCUT2D eigenvalue weighted by molar-refractivity contribution is 6.04. The average molecular weight is 460 g/mol. The maximum Gasteiger partial charge on any atom is 0.305 e. The minimum Gasteiger partial charge on any atom is -0.494 e. The second kappa shape index (κ2) is 12.0. The Labute approximate surface area is 203 Å². The first-order chi connectivity index (χ1) is 16.4. The molecule has 0 atom stereocenters. The van der Waals surface area contributed by atoms with E-state index < -0.39 is 0 Å². The summed E-state index contributed by atoms with van der Waals surface area (Å²) in [6, 6.07) is 16.8. The Balaban J connectivity index is 1.84. The molecule has 0 bridgehead atoms. The number of hydrogen-bond acceptors (Lipinski definition) is 4. The monoisotopic (exact) mass is 459 g/mol. The molecular weight excluding hydrogens is 424 g/mol. The molecule has 178 valence electrons. The van der Waals surface area contributed by atoms with E-state index in [1.807, 2.05) is 47.2 Å². The summed E-state index contributed by atoms with van der Waals surface area (Å²) in [5.41, 5.74) is 6.94. The highest BCUT2D eigenvalue weighted by Crippen LogP contribution is 2.31. The van der Waals surface area contributed by atoms with Gasteiger partial charge in [-0.3, -0.25) is 4.79 Å². The van der Waals surface area contributed by atoms with Gasteiger partial charge in [-0.15, -0.1) is 0 Å². The maximum atomic E-state index is 11.5. The molecule has 1 aliphatic carbocycles. The third-order valence-corrected chi connectivity index (χ3v) is 5.59. The number of allylic oxidation sites excluding steroid dienone is 5. The van der Waals surface area contributed by atoms with Crippen molar-refractivity contribution in [2.24, 2.45) is 0 Å². The van der Waals surface area contributed by atoms with E-state index in [2.05, 4.69) is 70.2 Å². The third kappa shape index (κ3) is 6.70. The van der Waals surface area contributed by atoms with Crippen LogP contribution in [0.1, 0.15) is 30.9 Å². The largest absolute Gasteiger partial charge is 0.494 e. The van der Waals surface area contributed by atoms with E-state index in [-0.39, 0.29) is 5.97 Å². The summed E-state index contributed by atoms with van der Waals surface area (Å²) in [4.78, 5) is 13.6. The van der Waals surface area contributed by atoms with Gasteiger partial charge in [0.1, 0.15) is 19.8 Å². The van der Waals surface area contributed by atoms with Crippen LogP contribution < -0.4 is 9.64 Å². The molecule has 0 unspecified atom stereocenters. The van der Waals surface area contributed by atoms with Crippen LogP contribution in [0.2, 0.25) is 0 Å². The fourth-order valence-electron chi connectivity index (χ4n) is 3.71. The minimum atomic E-state index is -0.179. The van der Waals surface area contributed by atoms with Gasteiger partial charge >= 0.3 is 5.97 Å². The molecule has 0 heterocycles. The molecule has 5 heteroatoms. The molecule has 2 aromatic carbocycles. The van der Waals surface area contributed by atoms with E-state index in [1.54, 1.807) is 0 Å². The lowest BCUT2D eigenvalue weighted by molar-refractivity contribution is -0.462. The summed E-state index contributed by atoms with van der Waals surface area (Å²) >= 11 is 0. The summed E-state index contributed by atoms with van der Waals surface area (Å²) in [6.07, 6.45) is 9.63. The van der Waals surface area contributed by atoms with Gasteiger partial charge in [-0.05, 0) is 72.0 Å². The van der Waals surface area contributed by atoms with Gasteiger partial charge in [0.25, 0.3) is 0 Å². The normalized spacial score (nSPS) is 12.5. The van der Waals surface area contributed by atoms with Crippen molar-refractivity contribution in [3.05, 3.63) is 89.5 Å². The van der Waals surface area contributed by atoms with Crippen molar-refractivity contribution in [2.75, 3.05) is 46.3 Å². The summed E-state index contributed by atoms with van der Waals surface area (Å²) < 4.78 is 12.9. The van der Waals surface area contributed by atoms with Crippen LogP contribution in [0.15, 0.2) is 78.4 Å². The van der Waals surface area contributed by atoms with Gasteiger partial charge in [0.05, 0.1) is 13.2 Å². The van der Waals surface area contributed by atoms with Gasteiger partial charge in [-0.2, -0.15) is 0 Å². The number of rotatable bonds is 9. The SMILES string of the molecule is CCOC(=O)CCCOc1ccc(C(=C2C=CC(=[N+](C)C)C=C2)c2ccc(N(C)C)cc2)cc1. The second-order valence-electron chi connectivity index (χ2n) is 8.54. The zero-order chi connectivity index (χ0) is 24.5. The van der Waals surface area contributed by atoms with Crippen molar-refractivity contribution in [3.8, 4) is 5.75 Å². The van der Waals surface area contributed by atoms with Crippen LogP contribution in [0.3, 0.4) is 0 Å². The Morgan fingerprint density at radius 2 is 1.47 bits per heavy atom. The Hall–Kier alpha value is -3.60. The van der Waals surface area contributed by atoms with Crippen LogP contribution >= 0.6 is 0 Å². The van der Waals surface area contributed by atoms with E-state index >= 15 is 0 Å². The molecule has 0 saturated carbocycles. The lowest BCUT2D eigenvalue weighted by Crippen LogP contribution is -2.10. The fraction of sp³-hybridized carbons (Fsp3) is 0.310. The van der Waals surface area contributed by atoms with Gasteiger partial charge < -0.3 is 14.4 Å². The quantitative estimate of drug-likeness (QED) is 0.297. The van der Waals surface area contributed by atoms with Crippen LogP contribution in [0, 0.1) is 0 Å². The number of carbonyl (C=O) groups is 1. The van der Waals surface area contributed by atoms with Crippen LogP contribution in [-0.4, -0.2) is 57.7 Å². The lowest BCUT2D eigenvalue weighted by Gasteiger charge is -2.17. The van der Waals surface area contributed by atoms with Gasteiger partial charge in [0.2, 0.25) is 0 Å². The molecule has 5 nitrogen and oxygen atoms in total. The van der Waals surface area contributed by atoms with Gasteiger partial charge in [-0.1, -0.05) is 24.3 Å². The minimum absolute atomic E-state index is 0.179. The Kier molecular flexibility index (Phi) is 8.86. The Bertz CT molecular complexity index is 1080. The van der Waals surface area contributed by atoms with Crippen LogP contribution in [0.25, 0.3) is 5.57 Å². The fourth-order valence-corrected chi connectivity index (χ4v) is 3.71. The van der Waals surface area contributed by atoms with Crippen LogP contribution in [-0.2, 0) is 9.53 Å².